The number of amides is 1. The van der Waals surface area contributed by atoms with Gasteiger partial charge >= 0.3 is 0 Å². The van der Waals surface area contributed by atoms with Crippen molar-refractivity contribution in [2.75, 3.05) is 18.4 Å². The molecule has 1 saturated heterocycles. The number of tetrazole rings is 1. The van der Waals surface area contributed by atoms with Crippen LogP contribution < -0.4 is 5.32 Å². The molecule has 0 radical (unpaired) electrons. The lowest BCUT2D eigenvalue weighted by Gasteiger charge is -2.31. The number of piperidine rings is 1. The van der Waals surface area contributed by atoms with E-state index in [0.29, 0.717) is 5.82 Å². The fourth-order valence-electron chi connectivity index (χ4n) is 3.12. The highest BCUT2D eigenvalue weighted by Crippen LogP contribution is 2.31. The number of fused-ring (bicyclic) bond motifs is 3. The molecule has 7 heteroatoms. The maximum absolute atomic E-state index is 12.7. The number of carbonyl (C=O) groups excluding carboxylic acids is 1. The Bertz CT molecular complexity index is 676. The van der Waals surface area contributed by atoms with Crippen LogP contribution in [0.4, 0.5) is 5.69 Å². The van der Waals surface area contributed by atoms with E-state index in [2.05, 4.69) is 25.7 Å². The zero-order valence-corrected chi connectivity index (χ0v) is 11.6. The van der Waals surface area contributed by atoms with Crippen molar-refractivity contribution in [2.24, 2.45) is 0 Å². The van der Waals surface area contributed by atoms with Crippen molar-refractivity contribution < 1.29 is 4.79 Å². The SMILES string of the molecule is O=C1Nc2ccccc2-n2nnnc2C1N1CCCCC1. The number of para-hydroxylation sites is 2. The molecule has 0 aliphatic carbocycles. The molecule has 108 valence electrons. The molecule has 1 aromatic carbocycles. The van der Waals surface area contributed by atoms with Gasteiger partial charge in [-0.05, 0) is 48.5 Å². The predicted octanol–water partition coefficient (Wildman–Crippen LogP) is 1.14. The van der Waals surface area contributed by atoms with Crippen LogP contribution in [0.2, 0.25) is 0 Å². The molecule has 1 unspecified atom stereocenters. The minimum atomic E-state index is -0.423. The lowest BCUT2D eigenvalue weighted by Crippen LogP contribution is -2.40. The Kier molecular flexibility index (Phi) is 2.92. The summed E-state index contributed by atoms with van der Waals surface area (Å²) >= 11 is 0. The van der Waals surface area contributed by atoms with Gasteiger partial charge in [0, 0.05) is 0 Å². The lowest BCUT2D eigenvalue weighted by molar-refractivity contribution is -0.122. The van der Waals surface area contributed by atoms with Gasteiger partial charge in [0.15, 0.2) is 11.9 Å². The van der Waals surface area contributed by atoms with Crippen LogP contribution in [0.3, 0.4) is 0 Å². The Hall–Kier alpha value is -2.28. The van der Waals surface area contributed by atoms with E-state index in [-0.39, 0.29) is 5.91 Å². The van der Waals surface area contributed by atoms with Crippen LogP contribution in [0.5, 0.6) is 0 Å². The van der Waals surface area contributed by atoms with Crippen molar-refractivity contribution in [1.29, 1.82) is 0 Å². The third-order valence-corrected chi connectivity index (χ3v) is 4.13. The Balaban J connectivity index is 1.82. The number of nitrogens with one attached hydrogen (secondary N) is 1. The molecule has 1 atom stereocenters. The molecule has 1 N–H and O–H groups in total. The maximum Gasteiger partial charge on any atom is 0.249 e. The van der Waals surface area contributed by atoms with E-state index in [4.69, 9.17) is 0 Å². The fourth-order valence-corrected chi connectivity index (χ4v) is 3.12. The second-order valence-corrected chi connectivity index (χ2v) is 5.45. The minimum absolute atomic E-state index is 0.0575. The summed E-state index contributed by atoms with van der Waals surface area (Å²) in [5.74, 6) is 0.539. The molecule has 1 amide bonds. The smallest absolute Gasteiger partial charge is 0.249 e. The van der Waals surface area contributed by atoms with Crippen molar-refractivity contribution in [3.8, 4) is 5.69 Å². The molecule has 1 aromatic heterocycles. The highest BCUT2D eigenvalue weighted by Gasteiger charge is 2.36. The number of likely N-dealkylation sites (tertiary alicyclic amines) is 1. The van der Waals surface area contributed by atoms with Crippen molar-refractivity contribution in [3.05, 3.63) is 30.1 Å². The van der Waals surface area contributed by atoms with E-state index < -0.39 is 6.04 Å². The van der Waals surface area contributed by atoms with Gasteiger partial charge in [-0.2, -0.15) is 4.68 Å². The molecule has 7 nitrogen and oxygen atoms in total. The summed E-state index contributed by atoms with van der Waals surface area (Å²) in [6.07, 6.45) is 3.44. The summed E-state index contributed by atoms with van der Waals surface area (Å²) in [5, 5.41) is 15.0. The first kappa shape index (κ1) is 12.5. The summed E-state index contributed by atoms with van der Waals surface area (Å²) in [6, 6.07) is 7.17. The van der Waals surface area contributed by atoms with Gasteiger partial charge in [-0.3, -0.25) is 9.69 Å². The molecular weight excluding hydrogens is 268 g/mol. The van der Waals surface area contributed by atoms with E-state index in [9.17, 15) is 4.79 Å². The predicted molar refractivity (Wildman–Crippen MR) is 75.9 cm³/mol. The normalized spacial score (nSPS) is 22.1. The quantitative estimate of drug-likeness (QED) is 0.850. The highest BCUT2D eigenvalue weighted by molar-refractivity contribution is 5.98. The molecule has 0 spiro atoms. The zero-order valence-electron chi connectivity index (χ0n) is 11.6. The van der Waals surface area contributed by atoms with E-state index >= 15 is 0 Å². The Labute approximate surface area is 121 Å². The van der Waals surface area contributed by atoms with Gasteiger partial charge in [0.05, 0.1) is 11.4 Å². The third-order valence-electron chi connectivity index (χ3n) is 4.13. The van der Waals surface area contributed by atoms with E-state index in [0.717, 1.165) is 37.3 Å². The number of carbonyl (C=O) groups is 1. The van der Waals surface area contributed by atoms with E-state index in [1.807, 2.05) is 24.3 Å². The minimum Gasteiger partial charge on any atom is -0.322 e. The van der Waals surface area contributed by atoms with Gasteiger partial charge in [0.2, 0.25) is 5.91 Å². The molecule has 1 fully saturated rings. The topological polar surface area (TPSA) is 75.9 Å². The molecule has 2 aromatic rings. The van der Waals surface area contributed by atoms with Gasteiger partial charge < -0.3 is 5.32 Å². The average Bonchev–Trinajstić information content (AvgIpc) is 2.94. The lowest BCUT2D eigenvalue weighted by atomic mass is 10.1. The second kappa shape index (κ2) is 4.92. The number of anilines is 1. The zero-order chi connectivity index (χ0) is 14.2. The van der Waals surface area contributed by atoms with Crippen LogP contribution >= 0.6 is 0 Å². The number of rotatable bonds is 1. The molecule has 4 rings (SSSR count). The Morgan fingerprint density at radius 1 is 1.14 bits per heavy atom. The van der Waals surface area contributed by atoms with Gasteiger partial charge in [0.1, 0.15) is 0 Å². The van der Waals surface area contributed by atoms with Crippen molar-refractivity contribution in [2.45, 2.75) is 25.3 Å². The van der Waals surface area contributed by atoms with Crippen molar-refractivity contribution in [3.63, 3.8) is 0 Å². The van der Waals surface area contributed by atoms with Gasteiger partial charge in [-0.15, -0.1) is 5.10 Å². The van der Waals surface area contributed by atoms with Crippen LogP contribution in [0.1, 0.15) is 31.1 Å². The van der Waals surface area contributed by atoms with Crippen LogP contribution in [-0.4, -0.2) is 44.1 Å². The molecular formula is C14H16N6O. The summed E-state index contributed by atoms with van der Waals surface area (Å²) in [5.41, 5.74) is 1.56. The Morgan fingerprint density at radius 3 is 2.81 bits per heavy atom. The van der Waals surface area contributed by atoms with Gasteiger partial charge in [-0.25, -0.2) is 0 Å². The molecule has 21 heavy (non-hydrogen) atoms. The number of hydrogen-bond acceptors (Lipinski definition) is 5. The summed E-state index contributed by atoms with van der Waals surface area (Å²) < 4.78 is 1.67. The number of nitrogens with zero attached hydrogens (tertiary/aromatic N) is 5. The standard InChI is InChI=1S/C14H16N6O/c21-14-12(19-8-4-1-5-9-19)13-16-17-18-20(13)11-7-3-2-6-10(11)15-14/h2-3,6-7,12H,1,4-5,8-9H2,(H,15,21). The summed E-state index contributed by atoms with van der Waals surface area (Å²) in [7, 11) is 0. The molecule has 3 heterocycles. The first-order valence-electron chi connectivity index (χ1n) is 7.27. The monoisotopic (exact) mass is 284 g/mol. The summed E-state index contributed by atoms with van der Waals surface area (Å²) in [6.45, 7) is 1.81. The fraction of sp³-hybridized carbons (Fsp3) is 0.429. The third kappa shape index (κ3) is 2.01. The van der Waals surface area contributed by atoms with Crippen molar-refractivity contribution >= 4 is 11.6 Å². The van der Waals surface area contributed by atoms with E-state index in [1.54, 1.807) is 4.68 Å². The van der Waals surface area contributed by atoms with Crippen LogP contribution in [0.25, 0.3) is 5.69 Å². The average molecular weight is 284 g/mol. The van der Waals surface area contributed by atoms with Crippen molar-refractivity contribution in [1.82, 2.24) is 25.1 Å². The summed E-state index contributed by atoms with van der Waals surface area (Å²) in [4.78, 5) is 14.8. The molecule has 0 saturated carbocycles. The first-order valence-corrected chi connectivity index (χ1v) is 7.27. The molecule has 0 bridgehead atoms. The van der Waals surface area contributed by atoms with Crippen LogP contribution in [-0.2, 0) is 4.79 Å². The number of benzene rings is 1. The number of aromatic nitrogens is 4. The van der Waals surface area contributed by atoms with Crippen LogP contribution in [0.15, 0.2) is 24.3 Å². The molecule has 2 aliphatic heterocycles. The second-order valence-electron chi connectivity index (χ2n) is 5.45. The van der Waals surface area contributed by atoms with Gasteiger partial charge in [-0.1, -0.05) is 18.6 Å². The largest absolute Gasteiger partial charge is 0.322 e. The van der Waals surface area contributed by atoms with E-state index in [1.165, 1.54) is 6.42 Å². The Morgan fingerprint density at radius 2 is 1.95 bits per heavy atom. The number of hydrogen-bond donors (Lipinski definition) is 1. The molecule has 2 aliphatic rings. The first-order chi connectivity index (χ1) is 10.3. The maximum atomic E-state index is 12.7. The highest BCUT2D eigenvalue weighted by atomic mass is 16.2. The van der Waals surface area contributed by atoms with Gasteiger partial charge in [0.25, 0.3) is 0 Å². The van der Waals surface area contributed by atoms with Crippen LogP contribution in [0, 0.1) is 0 Å².